The van der Waals surface area contributed by atoms with Crippen molar-refractivity contribution in [2.24, 2.45) is 0 Å². The van der Waals surface area contributed by atoms with Crippen LogP contribution in [-0.4, -0.2) is 27.6 Å². The number of ether oxygens (including phenoxy) is 1. The van der Waals surface area contributed by atoms with E-state index in [2.05, 4.69) is 16.2 Å². The monoisotopic (exact) mass is 246 g/mol. The van der Waals surface area contributed by atoms with Crippen molar-refractivity contribution in [1.82, 2.24) is 0 Å². The van der Waals surface area contributed by atoms with Crippen molar-refractivity contribution in [3.8, 4) is 0 Å². The molecule has 2 rings (SSSR count). The Kier molecular flexibility index (Phi) is 2.05. The summed E-state index contributed by atoms with van der Waals surface area (Å²) >= 11 is 1.84. The summed E-state index contributed by atoms with van der Waals surface area (Å²) in [7, 11) is 1.42. The standard InChI is InChI=1S/C8H6O2SSe/c1-10-8(9)7-4-5-6(12-7)2-3-11-5/h2-4H,1H3. The number of methoxy groups -OCH3 is 1. The van der Waals surface area contributed by atoms with Crippen LogP contribution in [0.2, 0.25) is 0 Å². The zero-order valence-corrected chi connectivity index (χ0v) is 8.89. The number of hydrogen-bond donors (Lipinski definition) is 0. The fraction of sp³-hybridized carbons (Fsp3) is 0.125. The van der Waals surface area contributed by atoms with Crippen LogP contribution in [0.25, 0.3) is 8.96 Å². The third kappa shape index (κ3) is 1.22. The van der Waals surface area contributed by atoms with Gasteiger partial charge in [0.25, 0.3) is 0 Å². The van der Waals surface area contributed by atoms with Crippen LogP contribution >= 0.6 is 11.3 Å². The van der Waals surface area contributed by atoms with Gasteiger partial charge in [-0.2, -0.15) is 0 Å². The van der Waals surface area contributed by atoms with Gasteiger partial charge in [0.2, 0.25) is 0 Å². The van der Waals surface area contributed by atoms with E-state index in [0.717, 1.165) is 4.44 Å². The molecule has 0 fully saturated rings. The van der Waals surface area contributed by atoms with Crippen LogP contribution < -0.4 is 0 Å². The summed E-state index contributed by atoms with van der Waals surface area (Å²) in [5, 5.41) is 2.05. The zero-order chi connectivity index (χ0) is 8.55. The summed E-state index contributed by atoms with van der Waals surface area (Å²) in [6.07, 6.45) is 0. The normalized spacial score (nSPS) is 10.4. The molecule has 0 radical (unpaired) electrons. The quantitative estimate of drug-likeness (QED) is 0.565. The minimum absolute atomic E-state index is 0.169. The predicted molar refractivity (Wildman–Crippen MR) is 50.1 cm³/mol. The van der Waals surface area contributed by atoms with Gasteiger partial charge in [0, 0.05) is 0 Å². The van der Waals surface area contributed by atoms with E-state index in [9.17, 15) is 4.79 Å². The van der Waals surface area contributed by atoms with Crippen molar-refractivity contribution in [3.05, 3.63) is 22.0 Å². The number of fused-ring (bicyclic) bond motifs is 1. The summed E-state index contributed by atoms with van der Waals surface area (Å²) < 4.78 is 7.99. The third-order valence-corrected chi connectivity index (χ3v) is 4.95. The number of esters is 1. The number of rotatable bonds is 1. The molecule has 0 aliphatic heterocycles. The molecule has 0 atom stereocenters. The summed E-state index contributed by atoms with van der Waals surface area (Å²) in [4.78, 5) is 11.1. The van der Waals surface area contributed by atoms with E-state index >= 15 is 0 Å². The SMILES string of the molecule is COC(=O)c1cc2sccc2[se]1. The van der Waals surface area contributed by atoms with Crippen LogP contribution in [0.5, 0.6) is 0 Å². The Balaban J connectivity index is 2.51. The molecule has 0 bridgehead atoms. The first-order valence-corrected chi connectivity index (χ1v) is 5.96. The zero-order valence-electron chi connectivity index (χ0n) is 6.37. The van der Waals surface area contributed by atoms with E-state index in [1.165, 1.54) is 16.1 Å². The van der Waals surface area contributed by atoms with Gasteiger partial charge in [0.05, 0.1) is 0 Å². The van der Waals surface area contributed by atoms with Crippen LogP contribution in [0, 0.1) is 0 Å². The average molecular weight is 245 g/mol. The van der Waals surface area contributed by atoms with Gasteiger partial charge in [-0.1, -0.05) is 0 Å². The van der Waals surface area contributed by atoms with Gasteiger partial charge in [-0.15, -0.1) is 0 Å². The van der Waals surface area contributed by atoms with Crippen LogP contribution in [0.1, 0.15) is 9.23 Å². The predicted octanol–water partition coefficient (Wildman–Crippen LogP) is 1.74. The van der Waals surface area contributed by atoms with E-state index in [4.69, 9.17) is 0 Å². The maximum absolute atomic E-state index is 11.1. The van der Waals surface area contributed by atoms with Crippen molar-refractivity contribution in [3.63, 3.8) is 0 Å². The van der Waals surface area contributed by atoms with E-state index in [-0.39, 0.29) is 20.5 Å². The molecule has 2 aromatic rings. The van der Waals surface area contributed by atoms with E-state index in [1.54, 1.807) is 11.3 Å². The number of thiophene rings is 1. The van der Waals surface area contributed by atoms with Gasteiger partial charge in [0.15, 0.2) is 0 Å². The van der Waals surface area contributed by atoms with Gasteiger partial charge in [-0.25, -0.2) is 0 Å². The molecule has 2 heterocycles. The van der Waals surface area contributed by atoms with Crippen molar-refractivity contribution in [1.29, 1.82) is 0 Å². The molecule has 2 nitrogen and oxygen atoms in total. The Morgan fingerprint density at radius 1 is 1.67 bits per heavy atom. The maximum atomic E-state index is 11.1. The third-order valence-electron chi connectivity index (χ3n) is 1.53. The second-order valence-electron chi connectivity index (χ2n) is 2.25. The average Bonchev–Trinajstić information content (AvgIpc) is 2.60. The molecule has 12 heavy (non-hydrogen) atoms. The summed E-state index contributed by atoms with van der Waals surface area (Å²) in [6.45, 7) is 0. The first-order chi connectivity index (χ1) is 5.81. The molecule has 0 saturated carbocycles. The van der Waals surface area contributed by atoms with Gasteiger partial charge >= 0.3 is 79.4 Å². The number of carbonyl (C=O) groups is 1. The topological polar surface area (TPSA) is 26.3 Å². The van der Waals surface area contributed by atoms with E-state index in [1.807, 2.05) is 6.07 Å². The molecule has 0 amide bonds. The fourth-order valence-electron chi connectivity index (χ4n) is 0.967. The van der Waals surface area contributed by atoms with Gasteiger partial charge in [0.1, 0.15) is 0 Å². The Morgan fingerprint density at radius 2 is 2.50 bits per heavy atom. The molecular formula is C8H6O2SSe. The van der Waals surface area contributed by atoms with Gasteiger partial charge < -0.3 is 0 Å². The first kappa shape index (κ1) is 8.05. The molecule has 62 valence electrons. The van der Waals surface area contributed by atoms with Crippen LogP contribution in [0.15, 0.2) is 17.5 Å². The Hall–Kier alpha value is -0.571. The van der Waals surface area contributed by atoms with Crippen molar-refractivity contribution >= 4 is 40.8 Å². The molecule has 0 aliphatic rings. The number of carbonyl (C=O) groups excluding carboxylic acids is 1. The van der Waals surface area contributed by atoms with Gasteiger partial charge in [-0.05, 0) is 0 Å². The van der Waals surface area contributed by atoms with Gasteiger partial charge in [-0.3, -0.25) is 0 Å². The first-order valence-electron chi connectivity index (χ1n) is 3.36. The summed E-state index contributed by atoms with van der Waals surface area (Å²) in [5.41, 5.74) is 0. The van der Waals surface area contributed by atoms with Crippen LogP contribution in [0.3, 0.4) is 0 Å². The summed E-state index contributed by atoms with van der Waals surface area (Å²) in [6, 6.07) is 4.01. The van der Waals surface area contributed by atoms with E-state index in [0.29, 0.717) is 0 Å². The molecule has 0 unspecified atom stereocenters. The molecule has 0 aliphatic carbocycles. The van der Waals surface area contributed by atoms with Crippen LogP contribution in [0.4, 0.5) is 0 Å². The van der Waals surface area contributed by atoms with Crippen molar-refractivity contribution < 1.29 is 9.53 Å². The molecule has 0 saturated heterocycles. The molecule has 4 heteroatoms. The minimum atomic E-state index is -0.182. The Morgan fingerprint density at radius 3 is 3.17 bits per heavy atom. The molecule has 0 aromatic carbocycles. The second-order valence-corrected chi connectivity index (χ2v) is 5.47. The second kappa shape index (κ2) is 3.05. The molecular weight excluding hydrogens is 239 g/mol. The molecule has 0 N–H and O–H groups in total. The van der Waals surface area contributed by atoms with Crippen LogP contribution in [-0.2, 0) is 4.74 Å². The van der Waals surface area contributed by atoms with Crippen molar-refractivity contribution in [2.45, 2.75) is 0 Å². The van der Waals surface area contributed by atoms with E-state index < -0.39 is 0 Å². The molecule has 0 spiro atoms. The number of hydrogen-bond acceptors (Lipinski definition) is 3. The Bertz CT molecular complexity index is 387. The molecule has 2 aromatic heterocycles. The summed E-state index contributed by atoms with van der Waals surface area (Å²) in [5.74, 6) is -0.182. The fourth-order valence-corrected chi connectivity index (χ4v) is 4.41. The Labute approximate surface area is 79.5 Å². The van der Waals surface area contributed by atoms with Crippen molar-refractivity contribution in [2.75, 3.05) is 7.11 Å².